The summed E-state index contributed by atoms with van der Waals surface area (Å²) in [7, 11) is 0. The van der Waals surface area contributed by atoms with Crippen LogP contribution in [0.1, 0.15) is 19.8 Å². The predicted molar refractivity (Wildman–Crippen MR) is 43.7 cm³/mol. The minimum atomic E-state index is -0.157. The Kier molecular flexibility index (Phi) is 0.945. The number of carbonyl (C=O) groups is 1. The van der Waals surface area contributed by atoms with Gasteiger partial charge >= 0.3 is 0 Å². The third-order valence-electron chi connectivity index (χ3n) is 3.10. The van der Waals surface area contributed by atoms with Gasteiger partial charge in [0.15, 0.2) is 5.78 Å². The van der Waals surface area contributed by atoms with Crippen LogP contribution in [-0.4, -0.2) is 17.5 Å². The van der Waals surface area contributed by atoms with E-state index in [9.17, 15) is 4.79 Å². The summed E-state index contributed by atoms with van der Waals surface area (Å²) in [5.74, 6) is 0.279. The Morgan fingerprint density at radius 3 is 3.25 bits per heavy atom. The highest BCUT2D eigenvalue weighted by Crippen LogP contribution is 2.56. The van der Waals surface area contributed by atoms with E-state index in [2.05, 4.69) is 6.92 Å². The van der Waals surface area contributed by atoms with Gasteiger partial charge in [0.2, 0.25) is 0 Å². The highest BCUT2D eigenvalue weighted by molar-refractivity contribution is 6.02. The molecular formula is C10H10O2. The molecule has 3 aliphatic rings. The molecule has 2 unspecified atom stereocenters. The maximum atomic E-state index is 11.4. The monoisotopic (exact) mass is 162 g/mol. The van der Waals surface area contributed by atoms with Gasteiger partial charge in [0.1, 0.15) is 11.7 Å². The molecule has 1 saturated heterocycles. The Morgan fingerprint density at radius 1 is 1.58 bits per heavy atom. The summed E-state index contributed by atoms with van der Waals surface area (Å²) in [6.07, 6.45) is 5.74. The molecule has 1 saturated carbocycles. The Hall–Kier alpha value is -0.890. The molecule has 2 aliphatic carbocycles. The Balaban J connectivity index is 2.14. The van der Waals surface area contributed by atoms with Crippen LogP contribution in [0.25, 0.3) is 0 Å². The van der Waals surface area contributed by atoms with E-state index in [1.54, 1.807) is 0 Å². The van der Waals surface area contributed by atoms with Gasteiger partial charge in [-0.05, 0) is 18.9 Å². The van der Waals surface area contributed by atoms with Crippen molar-refractivity contribution in [1.29, 1.82) is 0 Å². The molecule has 1 aliphatic heterocycles. The molecule has 1 heterocycles. The highest BCUT2D eigenvalue weighted by atomic mass is 16.6. The lowest BCUT2D eigenvalue weighted by molar-refractivity contribution is -0.114. The fourth-order valence-electron chi connectivity index (χ4n) is 2.37. The van der Waals surface area contributed by atoms with Gasteiger partial charge < -0.3 is 4.74 Å². The number of hydrogen-bond donors (Lipinski definition) is 0. The molecule has 0 radical (unpaired) electrons. The summed E-state index contributed by atoms with van der Waals surface area (Å²) >= 11 is 0. The van der Waals surface area contributed by atoms with E-state index in [0.29, 0.717) is 6.42 Å². The van der Waals surface area contributed by atoms with Gasteiger partial charge in [-0.25, -0.2) is 0 Å². The number of Topliss-reactive ketones (excluding diaryl/α,β-unsaturated/α-hetero) is 1. The summed E-state index contributed by atoms with van der Waals surface area (Å²) in [5.41, 5.74) is 2.02. The first-order chi connectivity index (χ1) is 5.74. The maximum absolute atomic E-state index is 11.4. The van der Waals surface area contributed by atoms with E-state index in [4.69, 9.17) is 4.74 Å². The minimum Gasteiger partial charge on any atom is -0.356 e. The molecule has 1 spiro atoms. The van der Waals surface area contributed by atoms with E-state index < -0.39 is 0 Å². The normalized spacial score (nSPS) is 43.1. The maximum Gasteiger partial charge on any atom is 0.162 e. The van der Waals surface area contributed by atoms with E-state index in [1.807, 2.05) is 12.2 Å². The van der Waals surface area contributed by atoms with Crippen LogP contribution >= 0.6 is 0 Å². The van der Waals surface area contributed by atoms with E-state index in [0.717, 1.165) is 12.0 Å². The third kappa shape index (κ3) is 0.547. The SMILES string of the molecule is CC1=CC=C2C(=O)CCC23OC13. The van der Waals surface area contributed by atoms with Crippen molar-refractivity contribution in [3.63, 3.8) is 0 Å². The van der Waals surface area contributed by atoms with Crippen LogP contribution in [0.3, 0.4) is 0 Å². The average molecular weight is 162 g/mol. The van der Waals surface area contributed by atoms with Crippen molar-refractivity contribution in [2.45, 2.75) is 31.5 Å². The molecule has 2 fully saturated rings. The van der Waals surface area contributed by atoms with Gasteiger partial charge in [0, 0.05) is 12.0 Å². The molecule has 0 aromatic carbocycles. The molecular weight excluding hydrogens is 152 g/mol. The second-order valence-electron chi connectivity index (χ2n) is 3.80. The third-order valence-corrected chi connectivity index (χ3v) is 3.10. The number of hydrogen-bond acceptors (Lipinski definition) is 2. The van der Waals surface area contributed by atoms with Gasteiger partial charge in [-0.3, -0.25) is 4.79 Å². The quantitative estimate of drug-likeness (QED) is 0.503. The van der Waals surface area contributed by atoms with Gasteiger partial charge in [0.05, 0.1) is 0 Å². The summed E-state index contributed by atoms with van der Waals surface area (Å²) in [4.78, 5) is 11.4. The first-order valence-corrected chi connectivity index (χ1v) is 4.34. The number of ether oxygens (including phenoxy) is 1. The fraction of sp³-hybridized carbons (Fsp3) is 0.500. The molecule has 0 aromatic heterocycles. The number of allylic oxidation sites excluding steroid dienone is 2. The molecule has 0 N–H and O–H groups in total. The van der Waals surface area contributed by atoms with Gasteiger partial charge in [-0.15, -0.1) is 0 Å². The van der Waals surface area contributed by atoms with Crippen LogP contribution in [0, 0.1) is 0 Å². The zero-order valence-corrected chi connectivity index (χ0v) is 6.96. The first kappa shape index (κ1) is 6.61. The second kappa shape index (κ2) is 1.72. The molecule has 2 atom stereocenters. The van der Waals surface area contributed by atoms with Gasteiger partial charge in [0.25, 0.3) is 0 Å². The minimum absolute atomic E-state index is 0.157. The van der Waals surface area contributed by atoms with Crippen molar-refractivity contribution < 1.29 is 9.53 Å². The van der Waals surface area contributed by atoms with Crippen molar-refractivity contribution in [3.05, 3.63) is 23.3 Å². The molecule has 0 amide bonds. The smallest absolute Gasteiger partial charge is 0.162 e. The molecule has 2 heteroatoms. The predicted octanol–water partition coefficient (Wildman–Crippen LogP) is 1.37. The zero-order chi connectivity index (χ0) is 8.34. The highest BCUT2D eigenvalue weighted by Gasteiger charge is 2.64. The molecule has 3 rings (SSSR count). The van der Waals surface area contributed by atoms with Gasteiger partial charge in [-0.1, -0.05) is 12.2 Å². The van der Waals surface area contributed by atoms with Crippen LogP contribution in [0.5, 0.6) is 0 Å². The summed E-state index contributed by atoms with van der Waals surface area (Å²) in [6.45, 7) is 2.06. The van der Waals surface area contributed by atoms with Crippen molar-refractivity contribution in [2.24, 2.45) is 0 Å². The van der Waals surface area contributed by atoms with Crippen LogP contribution in [0.4, 0.5) is 0 Å². The fourth-order valence-corrected chi connectivity index (χ4v) is 2.37. The summed E-state index contributed by atoms with van der Waals surface area (Å²) in [6, 6.07) is 0. The van der Waals surface area contributed by atoms with Crippen molar-refractivity contribution >= 4 is 5.78 Å². The Morgan fingerprint density at radius 2 is 2.42 bits per heavy atom. The lowest BCUT2D eigenvalue weighted by Gasteiger charge is -2.08. The number of rotatable bonds is 0. The van der Waals surface area contributed by atoms with Crippen molar-refractivity contribution in [2.75, 3.05) is 0 Å². The summed E-state index contributed by atoms with van der Waals surface area (Å²) < 4.78 is 5.61. The van der Waals surface area contributed by atoms with Crippen LogP contribution in [-0.2, 0) is 9.53 Å². The zero-order valence-electron chi connectivity index (χ0n) is 6.96. The molecule has 62 valence electrons. The Labute approximate surface area is 70.9 Å². The second-order valence-corrected chi connectivity index (χ2v) is 3.80. The molecule has 0 bridgehead atoms. The lowest BCUT2D eigenvalue weighted by atomic mass is 9.90. The molecule has 12 heavy (non-hydrogen) atoms. The number of epoxide rings is 1. The van der Waals surface area contributed by atoms with E-state index in [-0.39, 0.29) is 17.5 Å². The number of ketones is 1. The lowest BCUT2D eigenvalue weighted by Crippen LogP contribution is -2.17. The van der Waals surface area contributed by atoms with E-state index >= 15 is 0 Å². The van der Waals surface area contributed by atoms with Crippen LogP contribution < -0.4 is 0 Å². The van der Waals surface area contributed by atoms with Crippen LogP contribution in [0.2, 0.25) is 0 Å². The first-order valence-electron chi connectivity index (χ1n) is 4.34. The van der Waals surface area contributed by atoms with Crippen molar-refractivity contribution in [3.8, 4) is 0 Å². The molecule has 2 nitrogen and oxygen atoms in total. The number of carbonyl (C=O) groups excluding carboxylic acids is 1. The molecule has 0 aromatic rings. The largest absolute Gasteiger partial charge is 0.356 e. The topological polar surface area (TPSA) is 29.6 Å². The standard InChI is InChI=1S/C10H10O2/c1-6-2-3-7-8(11)4-5-10(7)9(6)12-10/h2-3,9H,4-5H2,1H3. The van der Waals surface area contributed by atoms with Gasteiger partial charge in [-0.2, -0.15) is 0 Å². The Bertz CT molecular complexity index is 338. The van der Waals surface area contributed by atoms with Crippen molar-refractivity contribution in [1.82, 2.24) is 0 Å². The van der Waals surface area contributed by atoms with E-state index in [1.165, 1.54) is 5.57 Å². The summed E-state index contributed by atoms with van der Waals surface area (Å²) in [5, 5.41) is 0. The van der Waals surface area contributed by atoms with Crippen LogP contribution in [0.15, 0.2) is 23.3 Å². The average Bonchev–Trinajstić information content (AvgIpc) is 2.70.